The number of phenolic OH excluding ortho intramolecular Hbond substituents is 1. The van der Waals surface area contributed by atoms with Crippen molar-refractivity contribution in [3.63, 3.8) is 0 Å². The minimum atomic E-state index is -0.222. The van der Waals surface area contributed by atoms with Crippen LogP contribution in [0.15, 0.2) is 36.0 Å². The van der Waals surface area contributed by atoms with Crippen molar-refractivity contribution < 1.29 is 9.90 Å². The van der Waals surface area contributed by atoms with Gasteiger partial charge in [0.25, 0.3) is 0 Å². The average molecular weight is 362 g/mol. The summed E-state index contributed by atoms with van der Waals surface area (Å²) in [6.07, 6.45) is 8.88. The molecule has 5 rings (SSSR count). The third kappa shape index (κ3) is 2.42. The molecule has 0 bridgehead atoms. The number of aromatic nitrogens is 2. The minimum Gasteiger partial charge on any atom is -0.508 e. The van der Waals surface area contributed by atoms with Crippen LogP contribution in [0.25, 0.3) is 6.08 Å². The molecular weight excluding hydrogens is 336 g/mol. The molecule has 0 unspecified atom stereocenters. The maximum atomic E-state index is 13.3. The van der Waals surface area contributed by atoms with Crippen LogP contribution in [0.5, 0.6) is 5.75 Å². The Bertz CT molecular complexity index is 957. The number of hydrogen-bond donors (Lipinski definition) is 1. The number of aryl methyl sites for hydroxylation is 2. The molecule has 2 fully saturated rings. The van der Waals surface area contributed by atoms with Gasteiger partial charge in [0, 0.05) is 18.7 Å². The van der Waals surface area contributed by atoms with E-state index in [0.29, 0.717) is 29.3 Å². The molecule has 1 aromatic heterocycles. The van der Waals surface area contributed by atoms with Crippen molar-refractivity contribution in [2.45, 2.75) is 44.9 Å². The van der Waals surface area contributed by atoms with Crippen LogP contribution in [-0.2, 0) is 18.3 Å². The molecule has 140 valence electrons. The molecule has 1 aromatic carbocycles. The van der Waals surface area contributed by atoms with Gasteiger partial charge in [-0.15, -0.1) is 0 Å². The number of hydrogen-bond acceptors (Lipinski definition) is 3. The third-order valence-electron chi connectivity index (χ3n) is 7.53. The third-order valence-corrected chi connectivity index (χ3v) is 7.53. The lowest BCUT2D eigenvalue weighted by molar-refractivity contribution is -0.127. The normalized spacial score (nSPS) is 33.6. The predicted molar refractivity (Wildman–Crippen MR) is 104 cm³/mol. The maximum absolute atomic E-state index is 13.3. The van der Waals surface area contributed by atoms with E-state index in [1.165, 1.54) is 11.1 Å². The van der Waals surface area contributed by atoms with E-state index >= 15 is 0 Å². The number of allylic oxidation sites excluding steroid dienone is 1. The fraction of sp³-hybridized carbons (Fsp3) is 0.478. The van der Waals surface area contributed by atoms with Crippen LogP contribution in [0.4, 0.5) is 0 Å². The van der Waals surface area contributed by atoms with E-state index < -0.39 is 0 Å². The first-order chi connectivity index (χ1) is 13.0. The van der Waals surface area contributed by atoms with Crippen LogP contribution in [0.2, 0.25) is 0 Å². The molecule has 0 radical (unpaired) electrons. The van der Waals surface area contributed by atoms with Crippen LogP contribution in [0.1, 0.15) is 55.3 Å². The van der Waals surface area contributed by atoms with Gasteiger partial charge in [0.1, 0.15) is 5.75 Å². The summed E-state index contributed by atoms with van der Waals surface area (Å²) >= 11 is 0. The number of rotatable bonds is 1. The van der Waals surface area contributed by atoms with Gasteiger partial charge in [-0.3, -0.25) is 9.48 Å². The summed E-state index contributed by atoms with van der Waals surface area (Å²) in [7, 11) is 1.92. The Hall–Kier alpha value is -2.36. The first-order valence-electron chi connectivity index (χ1n) is 10.0. The Labute approximate surface area is 159 Å². The average Bonchev–Trinajstić information content (AvgIpc) is 3.17. The summed E-state index contributed by atoms with van der Waals surface area (Å²) in [5.74, 6) is 2.22. The molecule has 2 aromatic rings. The van der Waals surface area contributed by atoms with E-state index in [-0.39, 0.29) is 5.41 Å². The first kappa shape index (κ1) is 16.8. The monoisotopic (exact) mass is 362 g/mol. The van der Waals surface area contributed by atoms with Gasteiger partial charge < -0.3 is 5.11 Å². The van der Waals surface area contributed by atoms with E-state index in [4.69, 9.17) is 0 Å². The number of nitrogens with zero attached hydrogens (tertiary/aromatic N) is 2. The van der Waals surface area contributed by atoms with Crippen molar-refractivity contribution in [2.24, 2.45) is 24.3 Å². The number of fused-ring (bicyclic) bond motifs is 5. The van der Waals surface area contributed by atoms with Crippen LogP contribution < -0.4 is 0 Å². The zero-order valence-corrected chi connectivity index (χ0v) is 16.0. The predicted octanol–water partition coefficient (Wildman–Crippen LogP) is 4.24. The summed E-state index contributed by atoms with van der Waals surface area (Å²) in [4.78, 5) is 13.3. The van der Waals surface area contributed by atoms with Gasteiger partial charge in [0.05, 0.1) is 5.69 Å². The van der Waals surface area contributed by atoms with Crippen LogP contribution >= 0.6 is 0 Å². The summed E-state index contributed by atoms with van der Waals surface area (Å²) in [6, 6.07) is 7.85. The first-order valence-corrected chi connectivity index (χ1v) is 10.0. The van der Waals surface area contributed by atoms with E-state index in [1.54, 1.807) is 6.20 Å². The quantitative estimate of drug-likeness (QED) is 0.772. The standard InChI is InChI=1S/C23H26N2O2/c1-23-9-7-19-18-6-4-17(26)12-14(18)3-5-20(19)21(23)13-15(22(23)27)11-16-8-10-24-25(16)2/h4,6,8,10-12,19-21,26H,3,5,7,9,13H2,1-2H3/b15-11+/t19-,20-,21-,23+/m0/s1. The van der Waals surface area contributed by atoms with Gasteiger partial charge in [-0.1, -0.05) is 13.0 Å². The second-order valence-corrected chi connectivity index (χ2v) is 8.84. The van der Waals surface area contributed by atoms with Crippen molar-refractivity contribution in [3.05, 3.63) is 52.9 Å². The number of phenols is 1. The SMILES string of the molecule is Cn1nccc1/C=C1\C[C@H]2[C@H]3CCc4cc(O)ccc4[C@@H]3CC[C@@]2(C)C1=O. The van der Waals surface area contributed by atoms with Gasteiger partial charge in [-0.05, 0) is 90.8 Å². The molecule has 2 saturated carbocycles. The number of carbonyl (C=O) groups excluding carboxylic acids is 1. The molecule has 3 aliphatic carbocycles. The Balaban J connectivity index is 1.51. The highest BCUT2D eigenvalue weighted by Crippen LogP contribution is 2.60. The van der Waals surface area contributed by atoms with Crippen LogP contribution in [0.3, 0.4) is 0 Å². The molecular formula is C23H26N2O2. The summed E-state index contributed by atoms with van der Waals surface area (Å²) < 4.78 is 1.83. The lowest BCUT2D eigenvalue weighted by atomic mass is 9.55. The molecule has 1 N–H and O–H groups in total. The van der Waals surface area contributed by atoms with Crippen LogP contribution in [-0.4, -0.2) is 20.7 Å². The molecule has 0 amide bonds. The lowest BCUT2D eigenvalue weighted by Gasteiger charge is -2.48. The lowest BCUT2D eigenvalue weighted by Crippen LogP contribution is -2.42. The second-order valence-electron chi connectivity index (χ2n) is 8.84. The summed E-state index contributed by atoms with van der Waals surface area (Å²) in [5.41, 5.74) is 4.46. The maximum Gasteiger partial charge on any atom is 0.165 e. The van der Waals surface area contributed by atoms with Gasteiger partial charge in [-0.2, -0.15) is 5.10 Å². The number of aromatic hydroxyl groups is 1. The molecule has 0 saturated heterocycles. The highest BCUT2D eigenvalue weighted by molar-refractivity contribution is 6.05. The van der Waals surface area contributed by atoms with E-state index in [0.717, 1.165) is 43.4 Å². The largest absolute Gasteiger partial charge is 0.508 e. The highest BCUT2D eigenvalue weighted by Gasteiger charge is 2.56. The van der Waals surface area contributed by atoms with Gasteiger partial charge in [0.2, 0.25) is 0 Å². The summed E-state index contributed by atoms with van der Waals surface area (Å²) in [6.45, 7) is 2.20. The molecule has 4 atom stereocenters. The molecule has 1 heterocycles. The number of benzene rings is 1. The molecule has 4 heteroatoms. The van der Waals surface area contributed by atoms with Gasteiger partial charge in [0.15, 0.2) is 5.78 Å². The molecule has 27 heavy (non-hydrogen) atoms. The zero-order valence-electron chi connectivity index (χ0n) is 16.0. The summed E-state index contributed by atoms with van der Waals surface area (Å²) in [5, 5.41) is 14.1. The fourth-order valence-corrected chi connectivity index (χ4v) is 6.07. The highest BCUT2D eigenvalue weighted by atomic mass is 16.3. The molecule has 3 aliphatic rings. The topological polar surface area (TPSA) is 55.1 Å². The van der Waals surface area contributed by atoms with Crippen molar-refractivity contribution in [2.75, 3.05) is 0 Å². The van der Waals surface area contributed by atoms with E-state index in [2.05, 4.69) is 24.2 Å². The number of ketones is 1. The molecule has 0 aliphatic heterocycles. The Morgan fingerprint density at radius 1 is 1.30 bits per heavy atom. The second kappa shape index (κ2) is 5.82. The van der Waals surface area contributed by atoms with Crippen molar-refractivity contribution in [1.82, 2.24) is 9.78 Å². The van der Waals surface area contributed by atoms with Gasteiger partial charge >= 0.3 is 0 Å². The fourth-order valence-electron chi connectivity index (χ4n) is 6.07. The van der Waals surface area contributed by atoms with E-state index in [1.807, 2.05) is 29.9 Å². The Morgan fingerprint density at radius 2 is 2.15 bits per heavy atom. The minimum absolute atomic E-state index is 0.222. The van der Waals surface area contributed by atoms with Crippen molar-refractivity contribution in [1.29, 1.82) is 0 Å². The van der Waals surface area contributed by atoms with Crippen LogP contribution in [0, 0.1) is 17.3 Å². The van der Waals surface area contributed by atoms with Crippen molar-refractivity contribution >= 4 is 11.9 Å². The number of Topliss-reactive ketones (excluding diaryl/α,β-unsaturated/α-hetero) is 1. The molecule has 0 spiro atoms. The van der Waals surface area contributed by atoms with Crippen molar-refractivity contribution in [3.8, 4) is 5.75 Å². The molecule has 4 nitrogen and oxygen atoms in total. The smallest absolute Gasteiger partial charge is 0.165 e. The Kier molecular flexibility index (Phi) is 3.62. The number of carbonyl (C=O) groups is 1. The van der Waals surface area contributed by atoms with E-state index in [9.17, 15) is 9.90 Å². The van der Waals surface area contributed by atoms with Gasteiger partial charge in [-0.25, -0.2) is 0 Å². The Morgan fingerprint density at radius 3 is 2.93 bits per heavy atom. The zero-order chi connectivity index (χ0) is 18.8.